The van der Waals surface area contributed by atoms with Gasteiger partial charge >= 0.3 is 5.97 Å². The molecule has 0 atom stereocenters. The normalized spacial score (nSPS) is 15.1. The van der Waals surface area contributed by atoms with Crippen molar-refractivity contribution in [2.75, 3.05) is 13.1 Å². The third-order valence-corrected chi connectivity index (χ3v) is 4.61. The van der Waals surface area contributed by atoms with Crippen LogP contribution in [0, 0.1) is 5.92 Å². The lowest BCUT2D eigenvalue weighted by atomic mass is 9.89. The van der Waals surface area contributed by atoms with Crippen molar-refractivity contribution < 1.29 is 9.63 Å². The fourth-order valence-corrected chi connectivity index (χ4v) is 3.40. The molecule has 26 heavy (non-hydrogen) atoms. The van der Waals surface area contributed by atoms with Crippen LogP contribution in [0.2, 0.25) is 0 Å². The van der Waals surface area contributed by atoms with E-state index in [1.807, 2.05) is 31.0 Å². The zero-order valence-corrected chi connectivity index (χ0v) is 15.7. The molecule has 3 rings (SSSR count). The smallest absolute Gasteiger partial charge is 0.325 e. The van der Waals surface area contributed by atoms with Crippen molar-refractivity contribution in [3.05, 3.63) is 77.4 Å². The van der Waals surface area contributed by atoms with E-state index in [1.165, 1.54) is 22.3 Å². The second-order valence-electron chi connectivity index (χ2n) is 7.20. The first kappa shape index (κ1) is 18.4. The Morgan fingerprint density at radius 1 is 0.923 bits per heavy atom. The third-order valence-electron chi connectivity index (χ3n) is 4.61. The van der Waals surface area contributed by atoms with Gasteiger partial charge < -0.3 is 4.84 Å². The SMILES string of the molecule is CC(C)CC(=O)ON1CCC(=C(c2ccccc2)c2ccccc2)CC1. The van der Waals surface area contributed by atoms with Crippen LogP contribution in [0.1, 0.15) is 44.2 Å². The summed E-state index contributed by atoms with van der Waals surface area (Å²) in [6, 6.07) is 21.1. The Balaban J connectivity index is 1.78. The summed E-state index contributed by atoms with van der Waals surface area (Å²) in [7, 11) is 0. The van der Waals surface area contributed by atoms with Gasteiger partial charge in [-0.05, 0) is 35.5 Å². The van der Waals surface area contributed by atoms with Gasteiger partial charge in [0.15, 0.2) is 0 Å². The Kier molecular flexibility index (Phi) is 6.24. The Morgan fingerprint density at radius 3 is 1.88 bits per heavy atom. The van der Waals surface area contributed by atoms with E-state index in [2.05, 4.69) is 48.5 Å². The molecule has 1 heterocycles. The zero-order chi connectivity index (χ0) is 18.4. The lowest BCUT2D eigenvalue weighted by Crippen LogP contribution is -2.33. The topological polar surface area (TPSA) is 29.5 Å². The summed E-state index contributed by atoms with van der Waals surface area (Å²) < 4.78 is 0. The Morgan fingerprint density at radius 2 is 1.42 bits per heavy atom. The molecule has 1 aliphatic heterocycles. The summed E-state index contributed by atoms with van der Waals surface area (Å²) in [6.07, 6.45) is 2.29. The maximum Gasteiger partial charge on any atom is 0.325 e. The number of hydrogen-bond acceptors (Lipinski definition) is 3. The van der Waals surface area contributed by atoms with Crippen molar-refractivity contribution in [1.82, 2.24) is 5.06 Å². The summed E-state index contributed by atoms with van der Waals surface area (Å²) in [4.78, 5) is 17.4. The molecule has 0 unspecified atom stereocenters. The van der Waals surface area contributed by atoms with Crippen LogP contribution in [0.4, 0.5) is 0 Å². The molecule has 1 saturated heterocycles. The standard InChI is InChI=1S/C23H27NO2/c1-18(2)17-22(25)26-24-15-13-21(14-16-24)23(19-9-5-3-6-10-19)20-11-7-4-8-12-20/h3-12,18H,13-17H2,1-2H3. The van der Waals surface area contributed by atoms with E-state index in [0.717, 1.165) is 25.9 Å². The van der Waals surface area contributed by atoms with Crippen LogP contribution in [0.3, 0.4) is 0 Å². The number of rotatable bonds is 5. The van der Waals surface area contributed by atoms with E-state index in [4.69, 9.17) is 4.84 Å². The molecule has 0 bridgehead atoms. The summed E-state index contributed by atoms with van der Waals surface area (Å²) >= 11 is 0. The van der Waals surface area contributed by atoms with Crippen LogP contribution in [-0.2, 0) is 9.63 Å². The number of hydrogen-bond donors (Lipinski definition) is 0. The lowest BCUT2D eigenvalue weighted by molar-refractivity contribution is -0.193. The Hall–Kier alpha value is -2.39. The second-order valence-corrected chi connectivity index (χ2v) is 7.20. The summed E-state index contributed by atoms with van der Waals surface area (Å²) in [5.74, 6) is 0.198. The van der Waals surface area contributed by atoms with E-state index in [9.17, 15) is 4.79 Å². The fraction of sp³-hybridized carbons (Fsp3) is 0.348. The predicted molar refractivity (Wildman–Crippen MR) is 105 cm³/mol. The molecule has 3 heteroatoms. The average Bonchev–Trinajstić information content (AvgIpc) is 2.64. The zero-order valence-electron chi connectivity index (χ0n) is 15.7. The molecule has 0 radical (unpaired) electrons. The van der Waals surface area contributed by atoms with Gasteiger partial charge in [-0.25, -0.2) is 0 Å². The molecule has 1 aliphatic rings. The molecule has 0 aliphatic carbocycles. The molecular formula is C23H27NO2. The number of hydroxylamine groups is 2. The monoisotopic (exact) mass is 349 g/mol. The first-order valence-corrected chi connectivity index (χ1v) is 9.42. The van der Waals surface area contributed by atoms with Crippen LogP contribution in [0.15, 0.2) is 66.2 Å². The van der Waals surface area contributed by atoms with Gasteiger partial charge in [0.2, 0.25) is 0 Å². The van der Waals surface area contributed by atoms with Crippen molar-refractivity contribution in [2.24, 2.45) is 5.92 Å². The largest absolute Gasteiger partial charge is 0.368 e. The average molecular weight is 349 g/mol. The van der Waals surface area contributed by atoms with E-state index < -0.39 is 0 Å². The highest BCUT2D eigenvalue weighted by atomic mass is 16.7. The Labute approximate surface area is 156 Å². The molecule has 0 spiro atoms. The molecular weight excluding hydrogens is 322 g/mol. The Bertz CT molecular complexity index is 699. The van der Waals surface area contributed by atoms with Gasteiger partial charge in [0.25, 0.3) is 0 Å². The van der Waals surface area contributed by atoms with Gasteiger partial charge in [-0.2, -0.15) is 0 Å². The third kappa shape index (κ3) is 4.83. The molecule has 0 saturated carbocycles. The highest BCUT2D eigenvalue weighted by Gasteiger charge is 2.21. The van der Waals surface area contributed by atoms with E-state index in [1.54, 1.807) is 0 Å². The predicted octanol–water partition coefficient (Wildman–Crippen LogP) is 5.09. The second kappa shape index (κ2) is 8.81. The van der Waals surface area contributed by atoms with Crippen LogP contribution in [0.25, 0.3) is 5.57 Å². The van der Waals surface area contributed by atoms with Crippen LogP contribution in [0.5, 0.6) is 0 Å². The van der Waals surface area contributed by atoms with Crippen LogP contribution in [-0.4, -0.2) is 24.1 Å². The van der Waals surface area contributed by atoms with Crippen LogP contribution < -0.4 is 0 Å². The van der Waals surface area contributed by atoms with Gasteiger partial charge in [0.1, 0.15) is 0 Å². The molecule has 0 amide bonds. The molecule has 0 aromatic heterocycles. The molecule has 3 nitrogen and oxygen atoms in total. The van der Waals surface area contributed by atoms with E-state index in [0.29, 0.717) is 12.3 Å². The number of piperidine rings is 1. The highest BCUT2D eigenvalue weighted by molar-refractivity contribution is 5.82. The number of benzene rings is 2. The van der Waals surface area contributed by atoms with Crippen molar-refractivity contribution >= 4 is 11.5 Å². The summed E-state index contributed by atoms with van der Waals surface area (Å²) in [6.45, 7) is 5.57. The maximum absolute atomic E-state index is 11.9. The number of carbonyl (C=O) groups excluding carboxylic acids is 1. The summed E-state index contributed by atoms with van der Waals surface area (Å²) in [5, 5.41) is 1.82. The first-order chi connectivity index (χ1) is 12.6. The minimum atomic E-state index is -0.126. The van der Waals surface area contributed by atoms with Crippen molar-refractivity contribution in [2.45, 2.75) is 33.1 Å². The highest BCUT2D eigenvalue weighted by Crippen LogP contribution is 2.32. The maximum atomic E-state index is 11.9. The fourth-order valence-electron chi connectivity index (χ4n) is 3.40. The minimum Gasteiger partial charge on any atom is -0.368 e. The molecule has 2 aromatic rings. The quantitative estimate of drug-likeness (QED) is 0.753. The van der Waals surface area contributed by atoms with Gasteiger partial charge in [-0.15, -0.1) is 5.06 Å². The molecule has 1 fully saturated rings. The van der Waals surface area contributed by atoms with Gasteiger partial charge in [-0.3, -0.25) is 4.79 Å². The molecule has 0 N–H and O–H groups in total. The number of nitrogens with zero attached hydrogens (tertiary/aromatic N) is 1. The van der Waals surface area contributed by atoms with Gasteiger partial charge in [0.05, 0.1) is 0 Å². The molecule has 2 aromatic carbocycles. The van der Waals surface area contributed by atoms with Gasteiger partial charge in [0, 0.05) is 19.5 Å². The van der Waals surface area contributed by atoms with Crippen molar-refractivity contribution in [1.29, 1.82) is 0 Å². The van der Waals surface area contributed by atoms with Gasteiger partial charge in [-0.1, -0.05) is 80.1 Å². The van der Waals surface area contributed by atoms with E-state index in [-0.39, 0.29) is 5.97 Å². The summed E-state index contributed by atoms with van der Waals surface area (Å²) in [5.41, 5.74) is 5.25. The van der Waals surface area contributed by atoms with Crippen LogP contribution >= 0.6 is 0 Å². The van der Waals surface area contributed by atoms with Crippen molar-refractivity contribution in [3.8, 4) is 0 Å². The van der Waals surface area contributed by atoms with Crippen molar-refractivity contribution in [3.63, 3.8) is 0 Å². The number of carbonyl (C=O) groups is 1. The minimum absolute atomic E-state index is 0.126. The lowest BCUT2D eigenvalue weighted by Gasteiger charge is -2.29. The van der Waals surface area contributed by atoms with E-state index >= 15 is 0 Å². The first-order valence-electron chi connectivity index (χ1n) is 9.42. The molecule has 136 valence electrons.